The van der Waals surface area contributed by atoms with Crippen molar-refractivity contribution in [1.82, 2.24) is 14.7 Å². The van der Waals surface area contributed by atoms with Crippen LogP contribution >= 0.6 is 11.6 Å². The highest BCUT2D eigenvalue weighted by Crippen LogP contribution is 2.13. The second-order valence-corrected chi connectivity index (χ2v) is 7.32. The summed E-state index contributed by atoms with van der Waals surface area (Å²) in [6.45, 7) is 3.74. The molecule has 1 aromatic carbocycles. The largest absolute Gasteiger partial charge is 0.458 e. The molecular formula is C21H22ClN3O4. The molecule has 3 aromatic rings. The first-order valence-electron chi connectivity index (χ1n) is 9.19. The van der Waals surface area contributed by atoms with Crippen molar-refractivity contribution in [2.45, 2.75) is 33.1 Å². The van der Waals surface area contributed by atoms with Gasteiger partial charge in [-0.15, -0.1) is 0 Å². The van der Waals surface area contributed by atoms with Crippen LogP contribution in [0.3, 0.4) is 0 Å². The number of nitrogens with zero attached hydrogens (tertiary/aromatic N) is 2. The summed E-state index contributed by atoms with van der Waals surface area (Å²) in [4.78, 5) is 28.9. The molecule has 1 N–H and O–H groups in total. The summed E-state index contributed by atoms with van der Waals surface area (Å²) in [5, 5.41) is 3.16. The zero-order valence-electron chi connectivity index (χ0n) is 16.2. The van der Waals surface area contributed by atoms with Crippen molar-refractivity contribution in [2.75, 3.05) is 0 Å². The number of hydrogen-bond acceptors (Lipinski definition) is 5. The Labute approximate surface area is 173 Å². The third-order valence-electron chi connectivity index (χ3n) is 4.23. The van der Waals surface area contributed by atoms with E-state index in [1.807, 2.05) is 44.2 Å². The Kier molecular flexibility index (Phi) is 6.72. The topological polar surface area (TPSA) is 81.9 Å². The van der Waals surface area contributed by atoms with Crippen LogP contribution in [0, 0.1) is 5.92 Å². The molecule has 0 unspecified atom stereocenters. The van der Waals surface area contributed by atoms with Gasteiger partial charge in [0.25, 0.3) is 0 Å². The summed E-state index contributed by atoms with van der Waals surface area (Å²) >= 11 is 5.96. The maximum absolute atomic E-state index is 12.5. The van der Waals surface area contributed by atoms with Crippen LogP contribution in [0.25, 0.3) is 5.65 Å². The lowest BCUT2D eigenvalue weighted by Gasteiger charge is -2.20. The highest BCUT2D eigenvalue weighted by Gasteiger charge is 2.26. The summed E-state index contributed by atoms with van der Waals surface area (Å²) in [5.74, 6) is -0.724. The molecule has 0 spiro atoms. The molecule has 0 saturated heterocycles. The number of nitrogens with one attached hydrogen (secondary N) is 1. The van der Waals surface area contributed by atoms with Gasteiger partial charge in [0.05, 0.1) is 10.7 Å². The first-order chi connectivity index (χ1) is 13.9. The number of benzene rings is 1. The predicted octanol–water partition coefficient (Wildman–Crippen LogP) is 3.98. The van der Waals surface area contributed by atoms with Crippen molar-refractivity contribution < 1.29 is 19.1 Å². The molecule has 0 aliphatic heterocycles. The lowest BCUT2D eigenvalue weighted by Crippen LogP contribution is -2.45. The molecular weight excluding hydrogens is 394 g/mol. The van der Waals surface area contributed by atoms with E-state index in [1.165, 1.54) is 0 Å². The maximum Gasteiger partial charge on any atom is 0.408 e. The molecule has 29 heavy (non-hydrogen) atoms. The van der Waals surface area contributed by atoms with E-state index in [9.17, 15) is 9.59 Å². The average Bonchev–Trinajstić information content (AvgIpc) is 3.11. The fourth-order valence-electron chi connectivity index (χ4n) is 2.71. The van der Waals surface area contributed by atoms with E-state index in [2.05, 4.69) is 10.3 Å². The smallest absolute Gasteiger partial charge is 0.408 e. The van der Waals surface area contributed by atoms with E-state index < -0.39 is 18.1 Å². The van der Waals surface area contributed by atoms with Gasteiger partial charge in [-0.2, -0.15) is 0 Å². The number of ether oxygens (including phenoxy) is 2. The Morgan fingerprint density at radius 1 is 1.07 bits per heavy atom. The van der Waals surface area contributed by atoms with Crippen LogP contribution in [0.15, 0.2) is 54.9 Å². The van der Waals surface area contributed by atoms with Crippen LogP contribution in [-0.2, 0) is 27.5 Å². The first-order valence-corrected chi connectivity index (χ1v) is 9.57. The van der Waals surface area contributed by atoms with Crippen molar-refractivity contribution in [3.63, 3.8) is 0 Å². The zero-order chi connectivity index (χ0) is 20.8. The molecule has 152 valence electrons. The minimum atomic E-state index is -0.829. The Morgan fingerprint density at radius 3 is 2.55 bits per heavy atom. The number of halogens is 1. The van der Waals surface area contributed by atoms with Crippen LogP contribution in [0.1, 0.15) is 25.1 Å². The summed E-state index contributed by atoms with van der Waals surface area (Å²) in [5.41, 5.74) is 2.14. The quantitative estimate of drug-likeness (QED) is 0.590. The van der Waals surface area contributed by atoms with Crippen LogP contribution in [0.5, 0.6) is 0 Å². The van der Waals surface area contributed by atoms with Gasteiger partial charge in [0, 0.05) is 12.4 Å². The number of pyridine rings is 1. The molecule has 7 nitrogen and oxygen atoms in total. The van der Waals surface area contributed by atoms with Crippen molar-refractivity contribution in [3.8, 4) is 0 Å². The number of alkyl carbamates (subject to hydrolysis) is 1. The van der Waals surface area contributed by atoms with Gasteiger partial charge in [0.2, 0.25) is 0 Å². The molecule has 0 fully saturated rings. The Hall–Kier alpha value is -3.06. The molecule has 0 aliphatic rings. The van der Waals surface area contributed by atoms with Gasteiger partial charge in [-0.05, 0) is 23.6 Å². The van der Waals surface area contributed by atoms with E-state index in [0.29, 0.717) is 16.4 Å². The number of esters is 1. The highest BCUT2D eigenvalue weighted by molar-refractivity contribution is 6.30. The first kappa shape index (κ1) is 20.7. The fourth-order valence-corrected chi connectivity index (χ4v) is 2.88. The number of amides is 1. The monoisotopic (exact) mass is 415 g/mol. The van der Waals surface area contributed by atoms with E-state index in [-0.39, 0.29) is 19.1 Å². The normalized spacial score (nSPS) is 12.0. The molecule has 0 bridgehead atoms. The van der Waals surface area contributed by atoms with Crippen LogP contribution < -0.4 is 5.32 Å². The lowest BCUT2D eigenvalue weighted by molar-refractivity contribution is -0.148. The van der Waals surface area contributed by atoms with Gasteiger partial charge in [-0.1, -0.05) is 55.8 Å². The number of fused-ring (bicyclic) bond motifs is 1. The number of aromatic nitrogens is 2. The van der Waals surface area contributed by atoms with Crippen molar-refractivity contribution in [1.29, 1.82) is 0 Å². The van der Waals surface area contributed by atoms with Gasteiger partial charge in [0.1, 0.15) is 24.9 Å². The molecule has 8 heteroatoms. The van der Waals surface area contributed by atoms with Gasteiger partial charge >= 0.3 is 12.1 Å². The zero-order valence-corrected chi connectivity index (χ0v) is 16.9. The molecule has 2 heterocycles. The third-order valence-corrected chi connectivity index (χ3v) is 4.46. The molecule has 0 radical (unpaired) electrons. The van der Waals surface area contributed by atoms with Gasteiger partial charge in [-0.3, -0.25) is 0 Å². The fraction of sp³-hybridized carbons (Fsp3) is 0.286. The summed E-state index contributed by atoms with van der Waals surface area (Å²) < 4.78 is 12.3. The molecule has 2 aromatic heterocycles. The lowest BCUT2D eigenvalue weighted by atomic mass is 10.1. The number of imidazole rings is 1. The Balaban J connectivity index is 1.54. The number of rotatable bonds is 7. The van der Waals surface area contributed by atoms with Crippen molar-refractivity contribution in [2.24, 2.45) is 5.92 Å². The van der Waals surface area contributed by atoms with E-state index in [0.717, 1.165) is 5.56 Å². The minimum absolute atomic E-state index is 0.0118. The van der Waals surface area contributed by atoms with E-state index >= 15 is 0 Å². The van der Waals surface area contributed by atoms with E-state index in [4.69, 9.17) is 21.1 Å². The third kappa shape index (κ3) is 5.71. The summed E-state index contributed by atoms with van der Waals surface area (Å²) in [6.07, 6.45) is 2.78. The molecule has 0 saturated carbocycles. The average molecular weight is 416 g/mol. The number of carbonyl (C=O) groups excluding carboxylic acids is 2. The standard InChI is InChI=1S/C21H22ClN3O4/c1-14(2)19(24-21(27)29-12-15-6-4-3-5-7-15)20(26)28-13-17-11-25-10-16(22)8-9-18(25)23-17/h3-11,14,19H,12-13H2,1-2H3,(H,24,27)/t19-/m1/s1. The van der Waals surface area contributed by atoms with Gasteiger partial charge in [0.15, 0.2) is 0 Å². The van der Waals surface area contributed by atoms with Gasteiger partial charge in [-0.25, -0.2) is 14.6 Å². The van der Waals surface area contributed by atoms with E-state index in [1.54, 1.807) is 28.9 Å². The molecule has 1 atom stereocenters. The Bertz CT molecular complexity index is 988. The van der Waals surface area contributed by atoms with Gasteiger partial charge < -0.3 is 19.2 Å². The molecule has 3 rings (SSSR count). The summed E-state index contributed by atoms with van der Waals surface area (Å²) in [6, 6.07) is 12.0. The second-order valence-electron chi connectivity index (χ2n) is 6.88. The minimum Gasteiger partial charge on any atom is -0.458 e. The SMILES string of the molecule is CC(C)[C@@H](NC(=O)OCc1ccccc1)C(=O)OCc1cn2cc(Cl)ccc2n1. The number of carbonyl (C=O) groups is 2. The highest BCUT2D eigenvalue weighted by atomic mass is 35.5. The van der Waals surface area contributed by atoms with Crippen LogP contribution in [-0.4, -0.2) is 27.5 Å². The van der Waals surface area contributed by atoms with Crippen molar-refractivity contribution in [3.05, 3.63) is 71.1 Å². The number of hydrogen-bond donors (Lipinski definition) is 1. The predicted molar refractivity (Wildman–Crippen MR) is 108 cm³/mol. The Morgan fingerprint density at radius 2 is 1.83 bits per heavy atom. The van der Waals surface area contributed by atoms with Crippen molar-refractivity contribution >= 4 is 29.3 Å². The summed E-state index contributed by atoms with van der Waals surface area (Å²) in [7, 11) is 0. The molecule has 0 aliphatic carbocycles. The molecule has 1 amide bonds. The van der Waals surface area contributed by atoms with Crippen LogP contribution in [0.4, 0.5) is 4.79 Å². The van der Waals surface area contributed by atoms with Crippen LogP contribution in [0.2, 0.25) is 5.02 Å². The maximum atomic E-state index is 12.5. The second kappa shape index (κ2) is 9.43.